The normalized spacial score (nSPS) is 52.2. The van der Waals surface area contributed by atoms with E-state index >= 15 is 0 Å². The summed E-state index contributed by atoms with van der Waals surface area (Å²) in [5.41, 5.74) is -1.44. The zero-order chi connectivity index (χ0) is 21.0. The van der Waals surface area contributed by atoms with Crippen LogP contribution in [0.15, 0.2) is 23.8 Å². The number of ether oxygens (including phenoxy) is 2. The minimum Gasteiger partial charge on any atom is -0.479 e. The van der Waals surface area contributed by atoms with Gasteiger partial charge in [0.15, 0.2) is 17.2 Å². The first-order valence-corrected chi connectivity index (χ1v) is 10.7. The molecule has 4 unspecified atom stereocenters. The molecule has 8 atom stereocenters. The van der Waals surface area contributed by atoms with Crippen molar-refractivity contribution in [1.82, 2.24) is 0 Å². The Balaban J connectivity index is 1.59. The summed E-state index contributed by atoms with van der Waals surface area (Å²) in [5, 5.41) is 21.7. The van der Waals surface area contributed by atoms with Crippen LogP contribution < -0.4 is 0 Å². The number of allylic oxidation sites excluding steroid dienone is 4. The second kappa shape index (κ2) is 5.59. The summed E-state index contributed by atoms with van der Waals surface area (Å²) in [5.74, 6) is -1.74. The summed E-state index contributed by atoms with van der Waals surface area (Å²) in [6, 6.07) is 0. The molecule has 29 heavy (non-hydrogen) atoms. The number of carbonyl (C=O) groups is 2. The Morgan fingerprint density at radius 1 is 1.24 bits per heavy atom. The minimum atomic E-state index is -1.44. The molecule has 0 radical (unpaired) electrons. The Morgan fingerprint density at radius 3 is 2.66 bits per heavy atom. The maximum atomic E-state index is 12.6. The van der Waals surface area contributed by atoms with Gasteiger partial charge in [0.2, 0.25) is 0 Å². The molecule has 4 fully saturated rings. The van der Waals surface area contributed by atoms with Crippen molar-refractivity contribution in [2.24, 2.45) is 28.6 Å². The fourth-order valence-electron chi connectivity index (χ4n) is 7.79. The van der Waals surface area contributed by atoms with Crippen molar-refractivity contribution in [3.8, 4) is 0 Å². The number of carboxylic acid groups (broad SMARTS) is 1. The third kappa shape index (κ3) is 2.23. The quantitative estimate of drug-likeness (QED) is 0.701. The first-order chi connectivity index (χ1) is 13.4. The van der Waals surface area contributed by atoms with Gasteiger partial charge in [0.1, 0.15) is 6.10 Å². The first kappa shape index (κ1) is 19.5. The first-order valence-electron chi connectivity index (χ1n) is 10.7. The molecule has 5 rings (SSSR count). The number of rotatable bonds is 1. The molecular weight excluding hydrogens is 372 g/mol. The lowest BCUT2D eigenvalue weighted by Crippen LogP contribution is -2.63. The Morgan fingerprint density at radius 2 is 1.97 bits per heavy atom. The highest BCUT2D eigenvalue weighted by molar-refractivity contribution is 6.01. The van der Waals surface area contributed by atoms with Gasteiger partial charge in [0.05, 0.1) is 6.10 Å². The van der Waals surface area contributed by atoms with Crippen molar-refractivity contribution in [3.05, 3.63) is 23.8 Å². The number of hydrogen-bond donors (Lipinski definition) is 2. The summed E-state index contributed by atoms with van der Waals surface area (Å²) in [6.45, 7) is 7.62. The molecule has 6 heteroatoms. The summed E-state index contributed by atoms with van der Waals surface area (Å²) < 4.78 is 12.3. The number of ketones is 1. The Bertz CT molecular complexity index is 857. The number of aliphatic hydroxyl groups is 1. The Kier molecular flexibility index (Phi) is 3.75. The van der Waals surface area contributed by atoms with Crippen LogP contribution in [0.1, 0.15) is 53.4 Å². The third-order valence-electron chi connectivity index (χ3n) is 8.81. The van der Waals surface area contributed by atoms with Gasteiger partial charge in [-0.2, -0.15) is 0 Å². The van der Waals surface area contributed by atoms with Crippen LogP contribution in [0, 0.1) is 28.6 Å². The van der Waals surface area contributed by atoms with Crippen molar-refractivity contribution in [1.29, 1.82) is 0 Å². The molecule has 0 amide bonds. The van der Waals surface area contributed by atoms with Crippen molar-refractivity contribution in [2.45, 2.75) is 77.0 Å². The van der Waals surface area contributed by atoms with Crippen LogP contribution in [0.3, 0.4) is 0 Å². The molecule has 6 nitrogen and oxygen atoms in total. The van der Waals surface area contributed by atoms with Gasteiger partial charge < -0.3 is 19.7 Å². The molecule has 5 aliphatic rings. The highest BCUT2D eigenvalue weighted by Crippen LogP contribution is 2.70. The lowest BCUT2D eigenvalue weighted by molar-refractivity contribution is -0.232. The van der Waals surface area contributed by atoms with Gasteiger partial charge >= 0.3 is 5.97 Å². The summed E-state index contributed by atoms with van der Waals surface area (Å²) >= 11 is 0. The van der Waals surface area contributed by atoms with E-state index in [1.54, 1.807) is 26.0 Å². The van der Waals surface area contributed by atoms with E-state index in [2.05, 4.69) is 6.92 Å². The zero-order valence-electron chi connectivity index (χ0n) is 17.5. The molecule has 2 N–H and O–H groups in total. The van der Waals surface area contributed by atoms with Gasteiger partial charge in [0.25, 0.3) is 0 Å². The van der Waals surface area contributed by atoms with Crippen molar-refractivity contribution in [3.63, 3.8) is 0 Å². The van der Waals surface area contributed by atoms with E-state index in [9.17, 15) is 19.8 Å². The molecule has 1 heterocycles. The van der Waals surface area contributed by atoms with Crippen LogP contribution in [-0.4, -0.2) is 45.6 Å². The van der Waals surface area contributed by atoms with Crippen LogP contribution in [0.4, 0.5) is 0 Å². The lowest BCUT2D eigenvalue weighted by atomic mass is 9.46. The van der Waals surface area contributed by atoms with Gasteiger partial charge in [0, 0.05) is 16.7 Å². The molecule has 0 aromatic carbocycles. The van der Waals surface area contributed by atoms with Gasteiger partial charge in [-0.3, -0.25) is 4.79 Å². The van der Waals surface area contributed by atoms with E-state index in [-0.39, 0.29) is 29.0 Å². The van der Waals surface area contributed by atoms with Crippen molar-refractivity contribution < 1.29 is 29.3 Å². The number of hydrogen-bond acceptors (Lipinski definition) is 5. The fourth-order valence-corrected chi connectivity index (χ4v) is 7.79. The van der Waals surface area contributed by atoms with Crippen LogP contribution >= 0.6 is 0 Å². The Hall–Kier alpha value is -1.50. The average Bonchev–Trinajstić information content (AvgIpc) is 3.02. The SMILES string of the molecule is CC1(C)O[C@@H]2CC3C4CCC5=CC(=O)C=C[C@]5(C)C4C(O)C[C@]3(C)[C@]2(C(=O)O)O1. The predicted octanol–water partition coefficient (Wildman–Crippen LogP) is 2.85. The van der Waals surface area contributed by atoms with Gasteiger partial charge in [-0.15, -0.1) is 0 Å². The zero-order valence-corrected chi connectivity index (χ0v) is 17.5. The largest absolute Gasteiger partial charge is 0.479 e. The van der Waals surface area contributed by atoms with Gasteiger partial charge in [-0.1, -0.05) is 25.5 Å². The van der Waals surface area contributed by atoms with Gasteiger partial charge in [-0.05, 0) is 63.5 Å². The number of carboxylic acids is 1. The second-order valence-electron chi connectivity index (χ2n) is 10.6. The maximum absolute atomic E-state index is 12.6. The molecule has 1 saturated heterocycles. The van der Waals surface area contributed by atoms with Crippen molar-refractivity contribution >= 4 is 11.8 Å². The topological polar surface area (TPSA) is 93.1 Å². The van der Waals surface area contributed by atoms with E-state index in [4.69, 9.17) is 9.47 Å². The number of aliphatic carboxylic acids is 1. The van der Waals surface area contributed by atoms with Crippen LogP contribution in [0.5, 0.6) is 0 Å². The summed E-state index contributed by atoms with van der Waals surface area (Å²) in [6.07, 6.45) is 6.73. The Labute approximate surface area is 170 Å². The fraction of sp³-hybridized carbons (Fsp3) is 0.739. The number of carbonyl (C=O) groups excluding carboxylic acids is 1. The molecule has 4 aliphatic carbocycles. The monoisotopic (exact) mass is 402 g/mol. The predicted molar refractivity (Wildman–Crippen MR) is 104 cm³/mol. The summed E-state index contributed by atoms with van der Waals surface area (Å²) in [7, 11) is 0. The van der Waals surface area contributed by atoms with Gasteiger partial charge in [-0.25, -0.2) is 4.79 Å². The third-order valence-corrected chi connectivity index (χ3v) is 8.81. The smallest absolute Gasteiger partial charge is 0.339 e. The highest BCUT2D eigenvalue weighted by Gasteiger charge is 2.77. The molecule has 3 saturated carbocycles. The van der Waals surface area contributed by atoms with E-state index in [0.29, 0.717) is 12.8 Å². The minimum absolute atomic E-state index is 0.00956. The van der Waals surface area contributed by atoms with E-state index < -0.39 is 35.0 Å². The van der Waals surface area contributed by atoms with Crippen LogP contribution in [0.2, 0.25) is 0 Å². The maximum Gasteiger partial charge on any atom is 0.339 e. The molecule has 1 aliphatic heterocycles. The summed E-state index contributed by atoms with van der Waals surface area (Å²) in [4.78, 5) is 24.5. The number of fused-ring (bicyclic) bond motifs is 7. The molecule has 0 spiro atoms. The molecule has 0 aromatic heterocycles. The molecule has 158 valence electrons. The molecule has 0 bridgehead atoms. The lowest BCUT2D eigenvalue weighted by Gasteiger charge is -2.59. The number of aliphatic hydroxyl groups excluding tert-OH is 1. The van der Waals surface area contributed by atoms with E-state index in [1.807, 2.05) is 13.0 Å². The van der Waals surface area contributed by atoms with Crippen molar-refractivity contribution in [2.75, 3.05) is 0 Å². The van der Waals surface area contributed by atoms with Crippen LogP contribution in [-0.2, 0) is 19.1 Å². The standard InChI is InChI=1S/C23H30O6/c1-20(2)28-17-10-15-14-6-5-12-9-13(24)7-8-21(12,3)18(14)16(25)11-22(15,4)23(17,29-20)19(26)27/h7-9,14-18,25H,5-6,10-11H2,1-4H3,(H,26,27)/t14?,15?,16?,17-,18?,21+,22+,23+/m1/s1. The van der Waals surface area contributed by atoms with E-state index in [1.165, 1.54) is 0 Å². The van der Waals surface area contributed by atoms with Crippen LogP contribution in [0.25, 0.3) is 0 Å². The molecular formula is C23H30O6. The highest BCUT2D eigenvalue weighted by atomic mass is 16.8. The average molecular weight is 402 g/mol. The second-order valence-corrected chi connectivity index (χ2v) is 10.6. The van der Waals surface area contributed by atoms with E-state index in [0.717, 1.165) is 18.4 Å². The molecule has 0 aromatic rings.